The van der Waals surface area contributed by atoms with Crippen LogP contribution in [0.15, 0.2) is 314 Å². The van der Waals surface area contributed by atoms with E-state index in [9.17, 15) is 55.1 Å². The first-order valence-corrected chi connectivity index (χ1v) is 46.7. The number of carboxylic acids is 6. The summed E-state index contributed by atoms with van der Waals surface area (Å²) in [7, 11) is 1.61. The van der Waals surface area contributed by atoms with Gasteiger partial charge in [-0.2, -0.15) is 0 Å². The van der Waals surface area contributed by atoms with E-state index < -0.39 is 35.8 Å². The van der Waals surface area contributed by atoms with Crippen LogP contribution in [0.3, 0.4) is 0 Å². The van der Waals surface area contributed by atoms with Gasteiger partial charge in [0.2, 0.25) is 0 Å². The normalized spacial score (nSPS) is 14.6. The van der Waals surface area contributed by atoms with Crippen LogP contribution < -0.4 is 9.47 Å². The Morgan fingerprint density at radius 1 is 0.315 bits per heavy atom. The lowest BCUT2D eigenvalue weighted by molar-refractivity contribution is -0.136. The zero-order chi connectivity index (χ0) is 102. The number of hydrogen-bond acceptors (Lipinski definition) is 9. The highest BCUT2D eigenvalue weighted by molar-refractivity contribution is 7.98. The Morgan fingerprint density at radius 3 is 0.825 bits per heavy atom. The molecule has 14 nitrogen and oxygen atoms in total. The quantitative estimate of drug-likeness (QED) is 0.0210. The van der Waals surface area contributed by atoms with Gasteiger partial charge < -0.3 is 40.1 Å². The van der Waals surface area contributed by atoms with Gasteiger partial charge in [-0.1, -0.05) is 158 Å². The largest absolute Gasteiger partial charge is 0.497 e. The fourth-order valence-electron chi connectivity index (χ4n) is 17.1. The number of methoxy groups -OCH3 is 1. The molecule has 0 saturated heterocycles. The average Bonchev–Trinajstić information content (AvgIpc) is 1.66. The summed E-state index contributed by atoms with van der Waals surface area (Å²) < 4.78 is 92.2. The van der Waals surface area contributed by atoms with Crippen LogP contribution in [0.2, 0.25) is 0 Å². The third kappa shape index (κ3) is 27.1. The van der Waals surface area contributed by atoms with E-state index in [1.807, 2.05) is 221 Å². The first-order chi connectivity index (χ1) is 68.6. The summed E-state index contributed by atoms with van der Waals surface area (Å²) in [6.07, 6.45) is 30.4. The number of halogens is 6. The minimum Gasteiger partial charge on any atom is -0.497 e. The molecule has 21 heteroatoms. The van der Waals surface area contributed by atoms with Crippen molar-refractivity contribution in [3.63, 3.8) is 0 Å². The molecular weight excluding hydrogens is 1840 g/mol. The first-order valence-electron chi connectivity index (χ1n) is 45.5. The second kappa shape index (κ2) is 46.1. The number of hydrogen-bond donors (Lipinski definition) is 6. The van der Waals surface area contributed by atoms with Crippen molar-refractivity contribution in [1.29, 1.82) is 0 Å². The van der Waals surface area contributed by atoms with Crippen LogP contribution in [-0.4, -0.2) is 85.4 Å². The fourth-order valence-corrected chi connectivity index (χ4v) is 17.5. The molecule has 19 rings (SSSR count). The molecule has 0 bridgehead atoms. The highest BCUT2D eigenvalue weighted by atomic mass is 32.2. The Kier molecular flexibility index (Phi) is 32.8. The highest BCUT2D eigenvalue weighted by Crippen LogP contribution is 2.46. The van der Waals surface area contributed by atoms with Crippen molar-refractivity contribution in [3.05, 3.63) is 456 Å². The minimum absolute atomic E-state index is 0.109. The molecule has 0 atom stereocenters. The summed E-state index contributed by atoms with van der Waals surface area (Å²) in [5, 5.41) is 56.7. The average molecular weight is 1930 g/mol. The molecule has 143 heavy (non-hydrogen) atoms. The van der Waals surface area contributed by atoms with E-state index in [2.05, 4.69) is 49.2 Å². The summed E-state index contributed by atoms with van der Waals surface area (Å²) in [4.78, 5) is 67.5. The number of benzene rings is 13. The fraction of sp³-hybridized carbons (Fsp3) is 0.115. The van der Waals surface area contributed by atoms with E-state index >= 15 is 0 Å². The molecule has 0 aliphatic heterocycles. The van der Waals surface area contributed by atoms with Gasteiger partial charge in [0.15, 0.2) is 0 Å². The van der Waals surface area contributed by atoms with Crippen LogP contribution in [0.5, 0.6) is 11.5 Å². The molecular formula is C122H96F6O14S. The zero-order valence-electron chi connectivity index (χ0n) is 78.6. The molecule has 0 heterocycles. The number of terminal acetylenes is 1. The van der Waals surface area contributed by atoms with Gasteiger partial charge in [-0.3, -0.25) is 28.8 Å². The van der Waals surface area contributed by atoms with Crippen LogP contribution in [0.25, 0.3) is 114 Å². The minimum atomic E-state index is -0.939. The van der Waals surface area contributed by atoms with E-state index in [1.165, 1.54) is 88.6 Å². The molecule has 6 N–H and O–H groups in total. The first kappa shape index (κ1) is 102. The van der Waals surface area contributed by atoms with Gasteiger partial charge in [0.25, 0.3) is 0 Å². The van der Waals surface area contributed by atoms with E-state index in [0.29, 0.717) is 66.8 Å². The Balaban J connectivity index is 0.000000136. The number of fused-ring (bicyclic) bond motifs is 7. The molecule has 716 valence electrons. The van der Waals surface area contributed by atoms with Crippen molar-refractivity contribution in [3.8, 4) is 23.8 Å². The lowest BCUT2D eigenvalue weighted by atomic mass is 10.0. The zero-order valence-corrected chi connectivity index (χ0v) is 79.4. The van der Waals surface area contributed by atoms with Crippen molar-refractivity contribution in [1.82, 2.24) is 0 Å². The van der Waals surface area contributed by atoms with E-state index in [-0.39, 0.29) is 79.0 Å². The Hall–Kier alpha value is -17.1. The molecule has 0 aromatic heterocycles. The summed E-state index contributed by atoms with van der Waals surface area (Å²) in [5.41, 5.74) is 25.9. The Bertz CT molecular complexity index is 7280. The third-order valence-electron chi connectivity index (χ3n) is 23.6. The van der Waals surface area contributed by atoms with Crippen LogP contribution in [-0.2, 0) is 35.2 Å². The van der Waals surface area contributed by atoms with Crippen molar-refractivity contribution in [2.75, 3.05) is 13.4 Å². The van der Waals surface area contributed by atoms with Crippen molar-refractivity contribution in [2.45, 2.75) is 83.1 Å². The summed E-state index contributed by atoms with van der Waals surface area (Å²) in [6.45, 7) is 8.08. The standard InChI is InChI=1S/C22H21FO3.C22H15FO2.C20H17FO2.C20H13FO2.C19H15FO3.C19H15FO2S/c1-22(2,3)26-18-7-4-14(5-8-18)10-15-11-16(12-21(24)25)20-13-17(23)6-9-19(15)20;23-19-7-8-20-17(11-18(12-22(24)25)21(20)13-19)10-14-5-6-15-3-1-2-4-16(15)9-14;2*1-2-13-3-5-14(6-4-13)9-15-10-16(11-20(22)23)19-12-17(21)7-8-18(15)19;2*1-23-16-5-2-12(3-6-16)8-13-9-14(10-19(21)22)18-11-15(20)4-7-17(13)18/h4-11,13H,12H2,1-3H3,(H,24,25);1-11,13H,12H2,(H,24,25);3-10,12H,2,11H2,1H3,(H,22,23);1,3-10,12H,11H2,(H,22,23);2*2-9,11H,10H2,1H3,(H,21,22)/b15-10+;17-10+;2*15-9+;2*13-8+. The maximum atomic E-state index is 13.6. The molecule has 0 radical (unpaired) electrons. The molecule has 13 aromatic carbocycles. The summed E-state index contributed by atoms with van der Waals surface area (Å²) >= 11 is 1.68. The van der Waals surface area contributed by atoms with Gasteiger partial charge in [-0.05, 0) is 417 Å². The molecule has 0 amide bonds. The van der Waals surface area contributed by atoms with Crippen molar-refractivity contribution >= 4 is 162 Å². The van der Waals surface area contributed by atoms with Gasteiger partial charge in [-0.15, -0.1) is 18.2 Å². The third-order valence-corrected chi connectivity index (χ3v) is 24.3. The molecule has 0 saturated carbocycles. The second-order valence-electron chi connectivity index (χ2n) is 35.0. The van der Waals surface area contributed by atoms with Gasteiger partial charge in [0.1, 0.15) is 52.0 Å². The summed E-state index contributed by atoms with van der Waals surface area (Å²) in [5.74, 6) is -3.64. The number of ether oxygens (including phenoxy) is 2. The summed E-state index contributed by atoms with van der Waals surface area (Å²) in [6, 6.07) is 80.3. The van der Waals surface area contributed by atoms with Gasteiger partial charge in [-0.25, -0.2) is 26.3 Å². The molecule has 6 aliphatic rings. The van der Waals surface area contributed by atoms with Crippen LogP contribution in [0.1, 0.15) is 177 Å². The number of rotatable bonds is 22. The van der Waals surface area contributed by atoms with Crippen LogP contribution in [0, 0.1) is 47.2 Å². The van der Waals surface area contributed by atoms with Gasteiger partial charge >= 0.3 is 35.8 Å². The van der Waals surface area contributed by atoms with E-state index in [0.717, 1.165) is 129 Å². The number of allylic oxidation sites excluding steroid dienone is 12. The second-order valence-corrected chi connectivity index (χ2v) is 35.9. The number of carbonyl (C=O) groups is 6. The van der Waals surface area contributed by atoms with Gasteiger partial charge in [0, 0.05) is 10.5 Å². The molecule has 0 spiro atoms. The highest BCUT2D eigenvalue weighted by Gasteiger charge is 2.29. The van der Waals surface area contributed by atoms with Crippen LogP contribution in [0.4, 0.5) is 26.3 Å². The van der Waals surface area contributed by atoms with Crippen molar-refractivity contribution < 1.29 is 95.2 Å². The molecule has 13 aromatic rings. The molecule has 6 aliphatic carbocycles. The topological polar surface area (TPSA) is 242 Å². The Morgan fingerprint density at radius 2 is 0.566 bits per heavy atom. The maximum absolute atomic E-state index is 13.6. The SMILES string of the molecule is C#Cc1ccc(/C=C2\C=C(CC(=O)O)c3cc(F)ccc32)cc1.CC(C)(C)Oc1ccc(/C=C2\C=C(CC(=O)O)c3cc(F)ccc32)cc1.CCc1ccc(/C=C2\C=C(CC(=O)O)c3cc(F)ccc32)cc1.COc1ccc(/C=C2\C=C(CC(=O)O)c3cc(F)ccc32)cc1.CSc1ccc(/C=C2\C=C(CC(=O)O)c3cc(F)ccc32)cc1.O=C(O)CC1=C/C(=C\c2ccc3ccccc3c2)c2ccc(F)cc21. The maximum Gasteiger partial charge on any atom is 0.307 e. The Labute approximate surface area is 827 Å². The van der Waals surface area contributed by atoms with Crippen LogP contribution >= 0.6 is 11.8 Å². The van der Waals surface area contributed by atoms with E-state index in [1.54, 1.807) is 61.3 Å². The predicted octanol–water partition coefficient (Wildman–Crippen LogP) is 29.0. The predicted molar refractivity (Wildman–Crippen MR) is 559 cm³/mol. The lowest BCUT2D eigenvalue weighted by Crippen LogP contribution is -2.22. The number of aliphatic carboxylic acids is 6. The lowest BCUT2D eigenvalue weighted by Gasteiger charge is -2.21. The molecule has 0 fully saturated rings. The smallest absolute Gasteiger partial charge is 0.307 e. The molecule has 0 unspecified atom stereocenters. The van der Waals surface area contributed by atoms with E-state index in [4.69, 9.17) is 46.5 Å². The monoisotopic (exact) mass is 1930 g/mol. The van der Waals surface area contributed by atoms with Gasteiger partial charge in [0.05, 0.1) is 45.6 Å². The number of carboxylic acid groups (broad SMARTS) is 6. The van der Waals surface area contributed by atoms with Crippen molar-refractivity contribution in [2.24, 2.45) is 0 Å². The number of thioether (sulfide) groups is 1. The number of aryl methyl sites for hydroxylation is 1.